The zero-order valence-corrected chi connectivity index (χ0v) is 17.6. The Hall–Kier alpha value is -2.03. The molecule has 0 atom stereocenters. The summed E-state index contributed by atoms with van der Waals surface area (Å²) in [6.07, 6.45) is 4.01. The number of aromatic nitrogens is 2. The van der Waals surface area contributed by atoms with Gasteiger partial charge in [0.15, 0.2) is 0 Å². The Morgan fingerprint density at radius 1 is 1.10 bits per heavy atom. The van der Waals surface area contributed by atoms with E-state index in [2.05, 4.69) is 44.0 Å². The van der Waals surface area contributed by atoms with Gasteiger partial charge in [-0.2, -0.15) is 0 Å². The summed E-state index contributed by atoms with van der Waals surface area (Å²) in [7, 11) is -3.53. The number of aromatic amines is 1. The maximum atomic E-state index is 12.2. The third-order valence-corrected chi connectivity index (χ3v) is 6.85. The van der Waals surface area contributed by atoms with Gasteiger partial charge in [-0.05, 0) is 43.8 Å². The first-order valence-electron chi connectivity index (χ1n) is 10.2. The Balaban J connectivity index is 1.34. The summed E-state index contributed by atoms with van der Waals surface area (Å²) in [6, 6.07) is 10.6. The summed E-state index contributed by atoms with van der Waals surface area (Å²) in [6.45, 7) is 5.54. The van der Waals surface area contributed by atoms with E-state index in [1.165, 1.54) is 5.56 Å². The molecule has 1 fully saturated rings. The van der Waals surface area contributed by atoms with E-state index in [1.807, 2.05) is 6.07 Å². The van der Waals surface area contributed by atoms with Crippen molar-refractivity contribution in [2.45, 2.75) is 37.5 Å². The fraction of sp³-hybridized carbons (Fsp3) is 0.524. The predicted octanol–water partition coefficient (Wildman–Crippen LogP) is 1.44. The molecule has 7 nitrogen and oxygen atoms in total. The SMILES string of the molecule is CS(=O)(=O)c1nc2c(c(=O)[nH]1)CCN(CC1CCN(Cc3ccccc3)CC1)C2. The van der Waals surface area contributed by atoms with Gasteiger partial charge in [0.1, 0.15) is 0 Å². The van der Waals surface area contributed by atoms with Crippen LogP contribution in [0.3, 0.4) is 0 Å². The first kappa shape index (κ1) is 20.3. The number of fused-ring (bicyclic) bond motifs is 1. The van der Waals surface area contributed by atoms with Crippen LogP contribution in [0.5, 0.6) is 0 Å². The highest BCUT2D eigenvalue weighted by atomic mass is 32.2. The number of H-pyrrole nitrogens is 1. The van der Waals surface area contributed by atoms with Crippen molar-refractivity contribution in [2.75, 3.05) is 32.4 Å². The van der Waals surface area contributed by atoms with Crippen molar-refractivity contribution < 1.29 is 8.42 Å². The van der Waals surface area contributed by atoms with Gasteiger partial charge in [-0.15, -0.1) is 0 Å². The van der Waals surface area contributed by atoms with Gasteiger partial charge in [0.2, 0.25) is 15.0 Å². The Morgan fingerprint density at radius 3 is 2.52 bits per heavy atom. The van der Waals surface area contributed by atoms with Gasteiger partial charge >= 0.3 is 0 Å². The molecule has 1 aromatic carbocycles. The number of likely N-dealkylation sites (tertiary alicyclic amines) is 1. The van der Waals surface area contributed by atoms with Crippen LogP contribution in [-0.2, 0) is 29.3 Å². The molecule has 0 spiro atoms. The van der Waals surface area contributed by atoms with E-state index in [0.29, 0.717) is 30.1 Å². The molecule has 3 heterocycles. The van der Waals surface area contributed by atoms with Crippen molar-refractivity contribution in [1.29, 1.82) is 0 Å². The largest absolute Gasteiger partial charge is 0.299 e. The summed E-state index contributed by atoms with van der Waals surface area (Å²) in [5, 5.41) is -0.225. The summed E-state index contributed by atoms with van der Waals surface area (Å²) in [5.74, 6) is 0.625. The molecule has 8 heteroatoms. The molecule has 0 aliphatic carbocycles. The van der Waals surface area contributed by atoms with Crippen LogP contribution in [0.25, 0.3) is 0 Å². The van der Waals surface area contributed by atoms with Crippen LogP contribution < -0.4 is 5.56 Å². The van der Waals surface area contributed by atoms with Crippen molar-refractivity contribution in [1.82, 2.24) is 19.8 Å². The molecule has 0 radical (unpaired) electrons. The topological polar surface area (TPSA) is 86.4 Å². The number of benzene rings is 1. The molecule has 1 saturated heterocycles. The first-order chi connectivity index (χ1) is 13.9. The highest BCUT2D eigenvalue weighted by Crippen LogP contribution is 2.23. The molecule has 0 amide bonds. The Kier molecular flexibility index (Phi) is 5.85. The number of nitrogens with zero attached hydrogens (tertiary/aromatic N) is 3. The molecular weight excluding hydrogens is 388 g/mol. The maximum absolute atomic E-state index is 12.2. The number of hydrogen-bond donors (Lipinski definition) is 1. The molecule has 2 aliphatic heterocycles. The highest BCUT2D eigenvalue weighted by molar-refractivity contribution is 7.90. The zero-order chi connectivity index (χ0) is 20.4. The number of sulfone groups is 1. The summed E-state index contributed by atoms with van der Waals surface area (Å²) >= 11 is 0. The highest BCUT2D eigenvalue weighted by Gasteiger charge is 2.26. The van der Waals surface area contributed by atoms with E-state index in [4.69, 9.17) is 0 Å². The lowest BCUT2D eigenvalue weighted by Gasteiger charge is -2.36. The number of piperidine rings is 1. The lowest BCUT2D eigenvalue weighted by atomic mass is 9.94. The molecule has 0 unspecified atom stereocenters. The Labute approximate surface area is 171 Å². The lowest BCUT2D eigenvalue weighted by molar-refractivity contribution is 0.131. The minimum Gasteiger partial charge on any atom is -0.299 e. The van der Waals surface area contributed by atoms with Crippen molar-refractivity contribution in [3.8, 4) is 0 Å². The average molecular weight is 417 g/mol. The van der Waals surface area contributed by atoms with Crippen LogP contribution in [0.15, 0.2) is 40.3 Å². The second-order valence-electron chi connectivity index (χ2n) is 8.26. The normalized spacial score (nSPS) is 19.2. The van der Waals surface area contributed by atoms with E-state index in [-0.39, 0.29) is 10.7 Å². The molecule has 1 aromatic heterocycles. The predicted molar refractivity (Wildman–Crippen MR) is 111 cm³/mol. The quantitative estimate of drug-likeness (QED) is 0.743. The monoisotopic (exact) mass is 416 g/mol. The summed E-state index contributed by atoms with van der Waals surface area (Å²) in [4.78, 5) is 23.7. The second kappa shape index (κ2) is 8.38. The smallest absolute Gasteiger partial charge is 0.255 e. The lowest BCUT2D eigenvalue weighted by Crippen LogP contribution is -2.41. The maximum Gasteiger partial charge on any atom is 0.255 e. The molecule has 29 heavy (non-hydrogen) atoms. The fourth-order valence-electron chi connectivity index (χ4n) is 4.34. The van der Waals surface area contributed by atoms with E-state index < -0.39 is 9.84 Å². The van der Waals surface area contributed by atoms with Gasteiger partial charge in [0, 0.05) is 38.0 Å². The second-order valence-corrected chi connectivity index (χ2v) is 10.2. The molecule has 1 N–H and O–H groups in total. The van der Waals surface area contributed by atoms with Crippen LogP contribution in [0, 0.1) is 5.92 Å². The molecule has 4 rings (SSSR count). The van der Waals surface area contributed by atoms with Gasteiger partial charge in [-0.25, -0.2) is 13.4 Å². The third kappa shape index (κ3) is 4.94. The third-order valence-electron chi connectivity index (χ3n) is 5.95. The van der Waals surface area contributed by atoms with Crippen LogP contribution in [0.1, 0.15) is 29.7 Å². The molecule has 2 aromatic rings. The molecular formula is C21H28N4O3S. The Bertz CT molecular complexity index is 1010. The van der Waals surface area contributed by atoms with E-state index >= 15 is 0 Å². The van der Waals surface area contributed by atoms with Gasteiger partial charge in [-0.3, -0.25) is 19.6 Å². The zero-order valence-electron chi connectivity index (χ0n) is 16.8. The first-order valence-corrected chi connectivity index (χ1v) is 12.1. The number of rotatable bonds is 5. The van der Waals surface area contributed by atoms with Gasteiger partial charge in [0.05, 0.1) is 5.69 Å². The van der Waals surface area contributed by atoms with E-state index in [1.54, 1.807) is 0 Å². The fourth-order valence-corrected chi connectivity index (χ4v) is 4.89. The van der Waals surface area contributed by atoms with Crippen LogP contribution in [-0.4, -0.2) is 60.6 Å². The Morgan fingerprint density at radius 2 is 1.83 bits per heavy atom. The van der Waals surface area contributed by atoms with Crippen molar-refractivity contribution >= 4 is 9.84 Å². The average Bonchev–Trinajstić information content (AvgIpc) is 2.69. The minimum atomic E-state index is -3.53. The van der Waals surface area contributed by atoms with Crippen molar-refractivity contribution in [3.63, 3.8) is 0 Å². The van der Waals surface area contributed by atoms with E-state index in [0.717, 1.165) is 51.8 Å². The molecule has 0 bridgehead atoms. The molecule has 0 saturated carbocycles. The standard InChI is InChI=1S/C21H28N4O3S/c1-29(27,28)21-22-19-15-25(12-9-18(19)20(26)23-21)14-17-7-10-24(11-8-17)13-16-5-3-2-4-6-16/h2-6,17H,7-15H2,1H3,(H,22,23,26). The van der Waals surface area contributed by atoms with Gasteiger partial charge in [0.25, 0.3) is 5.56 Å². The van der Waals surface area contributed by atoms with Crippen molar-refractivity contribution in [2.24, 2.45) is 5.92 Å². The van der Waals surface area contributed by atoms with Gasteiger partial charge in [-0.1, -0.05) is 30.3 Å². The van der Waals surface area contributed by atoms with Crippen molar-refractivity contribution in [3.05, 3.63) is 57.5 Å². The number of nitrogens with one attached hydrogen (secondary N) is 1. The summed E-state index contributed by atoms with van der Waals surface area (Å²) < 4.78 is 23.6. The number of hydrogen-bond acceptors (Lipinski definition) is 6. The van der Waals surface area contributed by atoms with Crippen LogP contribution >= 0.6 is 0 Å². The van der Waals surface area contributed by atoms with E-state index in [9.17, 15) is 13.2 Å². The molecule has 2 aliphatic rings. The summed E-state index contributed by atoms with van der Waals surface area (Å²) in [5.41, 5.74) is 2.29. The van der Waals surface area contributed by atoms with Crippen LogP contribution in [0.2, 0.25) is 0 Å². The molecule has 156 valence electrons. The van der Waals surface area contributed by atoms with Gasteiger partial charge < -0.3 is 0 Å². The minimum absolute atomic E-state index is 0.225. The van der Waals surface area contributed by atoms with Crippen LogP contribution in [0.4, 0.5) is 0 Å².